The van der Waals surface area contributed by atoms with Gasteiger partial charge in [-0.3, -0.25) is 4.79 Å². The third kappa shape index (κ3) is 7.01. The highest BCUT2D eigenvalue weighted by Crippen LogP contribution is 1.98. The number of hydrogen-bond acceptors (Lipinski definition) is 1. The van der Waals surface area contributed by atoms with Crippen molar-refractivity contribution in [2.75, 3.05) is 0 Å². The van der Waals surface area contributed by atoms with Gasteiger partial charge in [0.15, 0.2) is 5.78 Å². The van der Waals surface area contributed by atoms with Crippen LogP contribution in [-0.2, 0) is 4.79 Å². The van der Waals surface area contributed by atoms with Crippen molar-refractivity contribution in [3.63, 3.8) is 0 Å². The van der Waals surface area contributed by atoms with Crippen molar-refractivity contribution in [2.45, 2.75) is 20.8 Å². The van der Waals surface area contributed by atoms with Crippen LogP contribution < -0.4 is 0 Å². The summed E-state index contributed by atoms with van der Waals surface area (Å²) in [5.41, 5.74) is 0.568. The van der Waals surface area contributed by atoms with E-state index in [1.807, 2.05) is 13.8 Å². The Bertz CT molecular complexity index is 219. The second kappa shape index (κ2) is 10.6. The van der Waals surface area contributed by atoms with Crippen molar-refractivity contribution in [3.05, 3.63) is 49.1 Å². The number of carbonyl (C=O) groups excluding carboxylic acids is 1. The molecule has 0 aliphatic rings. The molecule has 0 aromatic carbocycles. The van der Waals surface area contributed by atoms with E-state index in [9.17, 15) is 4.79 Å². The molecular formula is C12H18O. The predicted molar refractivity (Wildman–Crippen MR) is 59.6 cm³/mol. The van der Waals surface area contributed by atoms with Gasteiger partial charge in [-0.1, -0.05) is 51.3 Å². The Morgan fingerprint density at radius 3 is 2.08 bits per heavy atom. The van der Waals surface area contributed by atoms with E-state index < -0.39 is 0 Å². The van der Waals surface area contributed by atoms with Crippen molar-refractivity contribution < 1.29 is 4.79 Å². The highest BCUT2D eigenvalue weighted by atomic mass is 16.1. The normalized spacial score (nSPS) is 10.2. The minimum atomic E-state index is -0.0394. The summed E-state index contributed by atoms with van der Waals surface area (Å²) in [6.45, 7) is 12.8. The lowest BCUT2D eigenvalue weighted by atomic mass is 10.1. The maximum Gasteiger partial charge on any atom is 0.185 e. The molecule has 0 saturated heterocycles. The van der Waals surface area contributed by atoms with E-state index in [2.05, 4.69) is 13.2 Å². The first-order chi connectivity index (χ1) is 6.26. The SMILES string of the molecule is C=C/C=C(\C=C)C(=O)/C=C/C.CC. The van der Waals surface area contributed by atoms with Gasteiger partial charge in [0.1, 0.15) is 0 Å². The number of hydrogen-bond donors (Lipinski definition) is 0. The van der Waals surface area contributed by atoms with Crippen LogP contribution in [0.4, 0.5) is 0 Å². The number of rotatable bonds is 4. The zero-order valence-corrected chi connectivity index (χ0v) is 8.71. The smallest absolute Gasteiger partial charge is 0.185 e. The minimum Gasteiger partial charge on any atom is -0.289 e. The molecule has 0 bridgehead atoms. The Morgan fingerprint density at radius 1 is 1.23 bits per heavy atom. The van der Waals surface area contributed by atoms with Gasteiger partial charge >= 0.3 is 0 Å². The molecule has 0 spiro atoms. The van der Waals surface area contributed by atoms with Gasteiger partial charge in [0.25, 0.3) is 0 Å². The van der Waals surface area contributed by atoms with Gasteiger partial charge in [-0.15, -0.1) is 0 Å². The van der Waals surface area contributed by atoms with Crippen LogP contribution in [0.5, 0.6) is 0 Å². The summed E-state index contributed by atoms with van der Waals surface area (Å²) < 4.78 is 0. The Labute approximate surface area is 81.2 Å². The van der Waals surface area contributed by atoms with E-state index in [4.69, 9.17) is 0 Å². The van der Waals surface area contributed by atoms with Gasteiger partial charge in [0, 0.05) is 5.57 Å². The zero-order chi connectivity index (χ0) is 10.7. The van der Waals surface area contributed by atoms with Gasteiger partial charge in [-0.2, -0.15) is 0 Å². The molecule has 0 aromatic rings. The molecule has 0 radical (unpaired) electrons. The highest BCUT2D eigenvalue weighted by molar-refractivity contribution is 6.06. The quantitative estimate of drug-likeness (QED) is 0.476. The fourth-order valence-corrected chi connectivity index (χ4v) is 0.625. The van der Waals surface area contributed by atoms with E-state index >= 15 is 0 Å². The molecule has 0 aromatic heterocycles. The van der Waals surface area contributed by atoms with Crippen LogP contribution >= 0.6 is 0 Å². The lowest BCUT2D eigenvalue weighted by Gasteiger charge is -1.91. The van der Waals surface area contributed by atoms with Gasteiger partial charge in [0.05, 0.1) is 0 Å². The lowest BCUT2D eigenvalue weighted by molar-refractivity contribution is -0.111. The summed E-state index contributed by atoms with van der Waals surface area (Å²) in [6, 6.07) is 0. The monoisotopic (exact) mass is 178 g/mol. The van der Waals surface area contributed by atoms with E-state index in [1.54, 1.807) is 25.2 Å². The topological polar surface area (TPSA) is 17.1 Å². The van der Waals surface area contributed by atoms with Crippen molar-refractivity contribution in [1.82, 2.24) is 0 Å². The Morgan fingerprint density at radius 2 is 1.77 bits per heavy atom. The van der Waals surface area contributed by atoms with Crippen molar-refractivity contribution >= 4 is 5.78 Å². The summed E-state index contributed by atoms with van der Waals surface area (Å²) in [4.78, 5) is 11.1. The molecular weight excluding hydrogens is 160 g/mol. The third-order valence-corrected chi connectivity index (χ3v) is 1.12. The second-order valence-electron chi connectivity index (χ2n) is 1.93. The van der Waals surface area contributed by atoms with Crippen LogP contribution in [0.3, 0.4) is 0 Å². The molecule has 0 heterocycles. The van der Waals surface area contributed by atoms with Crippen molar-refractivity contribution in [3.8, 4) is 0 Å². The first-order valence-corrected chi connectivity index (χ1v) is 4.38. The van der Waals surface area contributed by atoms with Crippen LogP contribution in [0, 0.1) is 0 Å². The fourth-order valence-electron chi connectivity index (χ4n) is 0.625. The van der Waals surface area contributed by atoms with Crippen LogP contribution in [0.1, 0.15) is 20.8 Å². The average Bonchev–Trinajstić information content (AvgIpc) is 2.17. The lowest BCUT2D eigenvalue weighted by Crippen LogP contribution is -1.93. The second-order valence-corrected chi connectivity index (χ2v) is 1.93. The van der Waals surface area contributed by atoms with Crippen LogP contribution in [0.15, 0.2) is 49.1 Å². The molecule has 13 heavy (non-hydrogen) atoms. The molecule has 72 valence electrons. The summed E-state index contributed by atoms with van der Waals surface area (Å²) in [7, 11) is 0. The van der Waals surface area contributed by atoms with Gasteiger partial charge in [0.2, 0.25) is 0 Å². The van der Waals surface area contributed by atoms with Crippen LogP contribution in [-0.4, -0.2) is 5.78 Å². The number of ketones is 1. The molecule has 0 unspecified atom stereocenters. The summed E-state index contributed by atoms with van der Waals surface area (Å²) >= 11 is 0. The largest absolute Gasteiger partial charge is 0.289 e. The molecule has 1 nitrogen and oxygen atoms in total. The summed E-state index contributed by atoms with van der Waals surface area (Å²) in [5.74, 6) is -0.0394. The Kier molecular flexibility index (Phi) is 11.6. The highest BCUT2D eigenvalue weighted by Gasteiger charge is 1.97. The van der Waals surface area contributed by atoms with E-state index in [0.717, 1.165) is 0 Å². The summed E-state index contributed by atoms with van der Waals surface area (Å²) in [6.07, 6.45) is 7.91. The van der Waals surface area contributed by atoms with Gasteiger partial charge in [-0.05, 0) is 13.0 Å². The maximum absolute atomic E-state index is 11.1. The first-order valence-electron chi connectivity index (χ1n) is 4.38. The standard InChI is InChI=1S/C10H12O.C2H6/c1-4-7-9(6-3)10(11)8-5-2;1-2/h4-8H,1,3H2,2H3;1-2H3/b8-5+,9-7+;. The fraction of sp³-hybridized carbons (Fsp3) is 0.250. The first kappa shape index (κ1) is 14.2. The van der Waals surface area contributed by atoms with E-state index in [1.165, 1.54) is 12.2 Å². The molecule has 1 heteroatoms. The minimum absolute atomic E-state index is 0.0394. The molecule has 0 atom stereocenters. The zero-order valence-electron chi connectivity index (χ0n) is 8.71. The van der Waals surface area contributed by atoms with E-state index in [-0.39, 0.29) is 5.78 Å². The van der Waals surface area contributed by atoms with Crippen molar-refractivity contribution in [1.29, 1.82) is 0 Å². The number of allylic oxidation sites excluding steroid dienone is 6. The van der Waals surface area contributed by atoms with Gasteiger partial charge < -0.3 is 0 Å². The van der Waals surface area contributed by atoms with Crippen molar-refractivity contribution in [2.24, 2.45) is 0 Å². The number of carbonyl (C=O) groups is 1. The summed E-state index contributed by atoms with van der Waals surface area (Å²) in [5, 5.41) is 0. The maximum atomic E-state index is 11.1. The molecule has 0 rings (SSSR count). The molecule has 0 saturated carbocycles. The van der Waals surface area contributed by atoms with Gasteiger partial charge in [-0.25, -0.2) is 0 Å². The molecule has 0 aliphatic carbocycles. The average molecular weight is 178 g/mol. The predicted octanol–water partition coefficient (Wildman–Crippen LogP) is 3.46. The molecule has 0 amide bonds. The van der Waals surface area contributed by atoms with E-state index in [0.29, 0.717) is 5.57 Å². The Balaban J connectivity index is 0. The molecule has 0 aliphatic heterocycles. The van der Waals surface area contributed by atoms with Crippen LogP contribution in [0.2, 0.25) is 0 Å². The Hall–Kier alpha value is -1.37. The third-order valence-electron chi connectivity index (χ3n) is 1.12. The molecule has 0 fully saturated rings. The van der Waals surface area contributed by atoms with Crippen LogP contribution in [0.25, 0.3) is 0 Å². The molecule has 0 N–H and O–H groups in total.